The summed E-state index contributed by atoms with van der Waals surface area (Å²) in [5, 5.41) is 0. The lowest BCUT2D eigenvalue weighted by molar-refractivity contribution is 0.620. The summed E-state index contributed by atoms with van der Waals surface area (Å²) in [6, 6.07) is 11.6. The van der Waals surface area contributed by atoms with Crippen molar-refractivity contribution < 1.29 is 4.39 Å². The first-order valence-corrected chi connectivity index (χ1v) is 7.02. The summed E-state index contributed by atoms with van der Waals surface area (Å²) in [5.41, 5.74) is 10.7. The maximum atomic E-state index is 13.6. The molecule has 0 saturated carbocycles. The van der Waals surface area contributed by atoms with Crippen LogP contribution in [0.2, 0.25) is 0 Å². The molecule has 0 spiro atoms. The van der Waals surface area contributed by atoms with Crippen LogP contribution >= 0.6 is 0 Å². The first-order valence-electron chi connectivity index (χ1n) is 7.02. The molecule has 0 aliphatic rings. The van der Waals surface area contributed by atoms with Gasteiger partial charge in [-0.15, -0.1) is 0 Å². The predicted octanol–water partition coefficient (Wildman–Crippen LogP) is 3.62. The van der Waals surface area contributed by atoms with Crippen LogP contribution in [0.5, 0.6) is 0 Å². The van der Waals surface area contributed by atoms with Crippen LogP contribution in [0, 0.1) is 19.7 Å². The number of halogens is 1. The zero-order valence-electron chi connectivity index (χ0n) is 12.2. The Hall–Kier alpha value is -2.36. The van der Waals surface area contributed by atoms with E-state index in [1.165, 1.54) is 17.2 Å². The van der Waals surface area contributed by atoms with Crippen LogP contribution in [0.25, 0.3) is 11.0 Å². The molecular weight excluding hydrogens is 265 g/mol. The molecule has 4 heteroatoms. The molecule has 0 amide bonds. The van der Waals surface area contributed by atoms with Crippen molar-refractivity contribution in [2.24, 2.45) is 0 Å². The van der Waals surface area contributed by atoms with Crippen molar-refractivity contribution >= 4 is 17.0 Å². The summed E-state index contributed by atoms with van der Waals surface area (Å²) in [4.78, 5) is 4.25. The first-order chi connectivity index (χ1) is 10.1. The van der Waals surface area contributed by atoms with Gasteiger partial charge in [-0.25, -0.2) is 9.37 Å². The highest BCUT2D eigenvalue weighted by Crippen LogP contribution is 2.22. The molecule has 21 heavy (non-hydrogen) atoms. The van der Waals surface area contributed by atoms with Crippen molar-refractivity contribution in [3.8, 4) is 0 Å². The second-order valence-electron chi connectivity index (χ2n) is 5.39. The van der Waals surface area contributed by atoms with Crippen LogP contribution in [-0.4, -0.2) is 9.55 Å². The topological polar surface area (TPSA) is 43.8 Å². The van der Waals surface area contributed by atoms with E-state index >= 15 is 0 Å². The van der Waals surface area contributed by atoms with Gasteiger partial charge in [0, 0.05) is 12.6 Å². The summed E-state index contributed by atoms with van der Waals surface area (Å²) in [6.45, 7) is 4.59. The Bertz CT molecular complexity index is 805. The van der Waals surface area contributed by atoms with Gasteiger partial charge in [-0.3, -0.25) is 0 Å². The van der Waals surface area contributed by atoms with E-state index in [4.69, 9.17) is 5.73 Å². The number of imidazole rings is 1. The van der Waals surface area contributed by atoms with Gasteiger partial charge in [0.05, 0.1) is 11.0 Å². The number of nitrogens with zero attached hydrogens (tertiary/aromatic N) is 2. The Morgan fingerprint density at radius 3 is 2.67 bits per heavy atom. The molecule has 3 nitrogen and oxygen atoms in total. The third-order valence-electron chi connectivity index (χ3n) is 3.92. The Balaban J connectivity index is 1.95. The van der Waals surface area contributed by atoms with Crippen molar-refractivity contribution in [2.75, 3.05) is 5.73 Å². The molecule has 3 rings (SSSR count). The van der Waals surface area contributed by atoms with Gasteiger partial charge in [0.15, 0.2) is 0 Å². The third kappa shape index (κ3) is 2.49. The molecule has 0 aliphatic heterocycles. The zero-order chi connectivity index (χ0) is 15.0. The van der Waals surface area contributed by atoms with Crippen LogP contribution in [0.1, 0.15) is 16.7 Å². The Morgan fingerprint density at radius 1 is 1.14 bits per heavy atom. The molecule has 1 heterocycles. The van der Waals surface area contributed by atoms with Gasteiger partial charge in [0.25, 0.3) is 0 Å². The van der Waals surface area contributed by atoms with E-state index in [0.29, 0.717) is 17.0 Å². The minimum Gasteiger partial charge on any atom is -0.369 e. The molecule has 0 aliphatic carbocycles. The highest BCUT2D eigenvalue weighted by atomic mass is 19.1. The molecule has 0 radical (unpaired) electrons. The molecule has 0 saturated heterocycles. The van der Waals surface area contributed by atoms with E-state index in [9.17, 15) is 4.39 Å². The molecule has 0 fully saturated rings. The number of aromatic nitrogens is 2. The Kier molecular flexibility index (Phi) is 3.37. The highest BCUT2D eigenvalue weighted by Gasteiger charge is 2.11. The van der Waals surface area contributed by atoms with Crippen LogP contribution < -0.4 is 5.73 Å². The molecule has 2 aromatic carbocycles. The molecule has 0 unspecified atom stereocenters. The summed E-state index contributed by atoms with van der Waals surface area (Å²) in [6.07, 6.45) is 0.874. The normalized spacial score (nSPS) is 11.2. The largest absolute Gasteiger partial charge is 0.369 e. The average molecular weight is 283 g/mol. The fourth-order valence-corrected chi connectivity index (χ4v) is 2.63. The molecule has 108 valence electrons. The zero-order valence-corrected chi connectivity index (χ0v) is 12.2. The number of nitrogen functional groups attached to an aromatic ring is 1. The van der Waals surface area contributed by atoms with Gasteiger partial charge >= 0.3 is 0 Å². The standard InChI is InChI=1S/C17H18FN3/c1-11-5-3-4-6-13(11)7-8-21-16-9-12(2)14(18)10-15(16)20-17(21)19/h3-6,9-10H,7-8H2,1-2H3,(H2,19,20). The maximum Gasteiger partial charge on any atom is 0.201 e. The predicted molar refractivity (Wildman–Crippen MR) is 83.7 cm³/mol. The van der Waals surface area contributed by atoms with Gasteiger partial charge in [-0.2, -0.15) is 0 Å². The number of hydrogen-bond acceptors (Lipinski definition) is 2. The van der Waals surface area contributed by atoms with E-state index in [1.807, 2.05) is 22.8 Å². The number of nitrogens with two attached hydrogens (primary N) is 1. The van der Waals surface area contributed by atoms with E-state index in [1.54, 1.807) is 6.92 Å². The summed E-state index contributed by atoms with van der Waals surface area (Å²) in [5.74, 6) is 0.189. The van der Waals surface area contributed by atoms with E-state index in [-0.39, 0.29) is 5.82 Å². The van der Waals surface area contributed by atoms with E-state index in [0.717, 1.165) is 18.5 Å². The SMILES string of the molecule is Cc1cc2c(cc1F)nc(N)n2CCc1ccccc1C. The van der Waals surface area contributed by atoms with Gasteiger partial charge in [0.1, 0.15) is 5.82 Å². The fraction of sp³-hybridized carbons (Fsp3) is 0.235. The van der Waals surface area contributed by atoms with Crippen LogP contribution in [-0.2, 0) is 13.0 Å². The quantitative estimate of drug-likeness (QED) is 0.798. The molecule has 1 aromatic heterocycles. The lowest BCUT2D eigenvalue weighted by atomic mass is 10.1. The summed E-state index contributed by atoms with van der Waals surface area (Å²) < 4.78 is 15.6. The van der Waals surface area contributed by atoms with E-state index in [2.05, 4.69) is 24.0 Å². The second-order valence-corrected chi connectivity index (χ2v) is 5.39. The molecule has 0 bridgehead atoms. The smallest absolute Gasteiger partial charge is 0.201 e. The minimum atomic E-state index is -0.244. The Morgan fingerprint density at radius 2 is 1.90 bits per heavy atom. The summed E-state index contributed by atoms with van der Waals surface area (Å²) >= 11 is 0. The van der Waals surface area contributed by atoms with Crippen molar-refractivity contribution in [2.45, 2.75) is 26.8 Å². The molecule has 2 N–H and O–H groups in total. The van der Waals surface area contributed by atoms with Crippen molar-refractivity contribution in [1.29, 1.82) is 0 Å². The number of aryl methyl sites for hydroxylation is 4. The van der Waals surface area contributed by atoms with Gasteiger partial charge in [-0.1, -0.05) is 24.3 Å². The van der Waals surface area contributed by atoms with Crippen molar-refractivity contribution in [1.82, 2.24) is 9.55 Å². The number of rotatable bonds is 3. The fourth-order valence-electron chi connectivity index (χ4n) is 2.63. The molecular formula is C17H18FN3. The van der Waals surface area contributed by atoms with Crippen LogP contribution in [0.3, 0.4) is 0 Å². The maximum absolute atomic E-state index is 13.6. The summed E-state index contributed by atoms with van der Waals surface area (Å²) in [7, 11) is 0. The van der Waals surface area contributed by atoms with Gasteiger partial charge in [0.2, 0.25) is 5.95 Å². The van der Waals surface area contributed by atoms with Crippen molar-refractivity contribution in [3.05, 3.63) is 58.9 Å². The highest BCUT2D eigenvalue weighted by molar-refractivity contribution is 5.79. The lowest BCUT2D eigenvalue weighted by Crippen LogP contribution is -2.06. The van der Waals surface area contributed by atoms with Crippen LogP contribution in [0.15, 0.2) is 36.4 Å². The number of hydrogen-bond donors (Lipinski definition) is 1. The monoisotopic (exact) mass is 283 g/mol. The number of anilines is 1. The molecule has 3 aromatic rings. The Labute approximate surface area is 123 Å². The number of fused-ring (bicyclic) bond motifs is 1. The average Bonchev–Trinajstić information content (AvgIpc) is 2.74. The second kappa shape index (κ2) is 5.20. The lowest BCUT2D eigenvalue weighted by Gasteiger charge is -2.09. The third-order valence-corrected chi connectivity index (χ3v) is 3.92. The van der Waals surface area contributed by atoms with Crippen LogP contribution in [0.4, 0.5) is 10.3 Å². The van der Waals surface area contributed by atoms with Gasteiger partial charge in [-0.05, 0) is 43.0 Å². The molecule has 0 atom stereocenters. The first kappa shape index (κ1) is 13.6. The van der Waals surface area contributed by atoms with E-state index < -0.39 is 0 Å². The minimum absolute atomic E-state index is 0.244. The van der Waals surface area contributed by atoms with Crippen molar-refractivity contribution in [3.63, 3.8) is 0 Å². The van der Waals surface area contributed by atoms with Gasteiger partial charge < -0.3 is 10.3 Å². The number of benzene rings is 2.